The molecule has 0 unspecified atom stereocenters. The number of nitrogens with zero attached hydrogens (tertiary/aromatic N) is 1. The van der Waals surface area contributed by atoms with E-state index in [0.29, 0.717) is 35.5 Å². The topological polar surface area (TPSA) is 72.9 Å². The maximum atomic E-state index is 12.9. The highest BCUT2D eigenvalue weighted by Gasteiger charge is 2.61. The SMILES string of the molecule is COS(=O)(=O)N1C[C@@H](C)C[C@H]2O[C@]3(CC[C@@H]4C(=C(C)C3)C[C@H]3[C@H]4CC[C@@H]4CC(=O)CC[C@@]43C)[C@H](C)[C@@H]21. The number of fused-ring (bicyclic) bond motifs is 6. The lowest BCUT2D eigenvalue weighted by Gasteiger charge is -2.52. The summed E-state index contributed by atoms with van der Waals surface area (Å²) < 4.78 is 39.4. The molecule has 1 spiro atoms. The fourth-order valence-electron chi connectivity index (χ4n) is 10.1. The maximum Gasteiger partial charge on any atom is 0.338 e. The summed E-state index contributed by atoms with van der Waals surface area (Å²) in [6.45, 7) is 9.69. The number of hydrogen-bond acceptors (Lipinski definition) is 5. The van der Waals surface area contributed by atoms with Crippen LogP contribution in [0.2, 0.25) is 0 Å². The molecular formula is C29H45NO5S. The lowest BCUT2D eigenvalue weighted by atomic mass is 9.52. The average Bonchev–Trinajstić information content (AvgIpc) is 3.29. The lowest BCUT2D eigenvalue weighted by molar-refractivity contribution is -0.129. The van der Waals surface area contributed by atoms with E-state index >= 15 is 0 Å². The molecule has 4 aliphatic carbocycles. The number of rotatable bonds is 2. The van der Waals surface area contributed by atoms with Crippen LogP contribution in [0.15, 0.2) is 11.1 Å². The van der Waals surface area contributed by atoms with E-state index in [9.17, 15) is 13.2 Å². The summed E-state index contributed by atoms with van der Waals surface area (Å²) in [6, 6.07) is -0.149. The Hall–Kier alpha value is -0.760. The second kappa shape index (κ2) is 8.62. The van der Waals surface area contributed by atoms with Crippen molar-refractivity contribution in [1.82, 2.24) is 4.31 Å². The van der Waals surface area contributed by atoms with Crippen LogP contribution in [0.4, 0.5) is 0 Å². The van der Waals surface area contributed by atoms with Crippen molar-refractivity contribution >= 4 is 16.1 Å². The van der Waals surface area contributed by atoms with Crippen LogP contribution in [-0.2, 0) is 24.0 Å². The largest absolute Gasteiger partial charge is 0.369 e. The Bertz CT molecular complexity index is 1070. The molecule has 6 nitrogen and oxygen atoms in total. The summed E-state index contributed by atoms with van der Waals surface area (Å²) in [5.74, 6) is 3.50. The van der Waals surface area contributed by atoms with Crippen molar-refractivity contribution < 1.29 is 22.1 Å². The van der Waals surface area contributed by atoms with E-state index in [1.54, 1.807) is 9.88 Å². The van der Waals surface area contributed by atoms with Crippen LogP contribution in [0.3, 0.4) is 0 Å². The minimum atomic E-state index is -3.75. The van der Waals surface area contributed by atoms with Gasteiger partial charge in [-0.3, -0.25) is 8.98 Å². The maximum absolute atomic E-state index is 12.9. The molecule has 0 aromatic heterocycles. The average molecular weight is 520 g/mol. The summed E-state index contributed by atoms with van der Waals surface area (Å²) in [6.07, 6.45) is 10.2. The number of ether oxygens (including phenoxy) is 1. The highest BCUT2D eigenvalue weighted by Crippen LogP contribution is 2.65. The Morgan fingerprint density at radius 2 is 1.89 bits per heavy atom. The number of hydrogen-bond donors (Lipinski definition) is 0. The summed E-state index contributed by atoms with van der Waals surface area (Å²) in [7, 11) is -2.48. The molecule has 0 aromatic rings. The van der Waals surface area contributed by atoms with Crippen LogP contribution in [0.25, 0.3) is 0 Å². The van der Waals surface area contributed by atoms with E-state index in [1.165, 1.54) is 31.9 Å². The fraction of sp³-hybridized carbons (Fsp3) is 0.897. The van der Waals surface area contributed by atoms with Crippen molar-refractivity contribution in [2.45, 2.75) is 110 Å². The van der Waals surface area contributed by atoms with Crippen LogP contribution in [0, 0.1) is 40.9 Å². The number of allylic oxidation sites excluding steroid dienone is 1. The molecule has 6 aliphatic rings. The third kappa shape index (κ3) is 3.65. The van der Waals surface area contributed by atoms with Gasteiger partial charge in [0, 0.05) is 25.3 Å². The molecule has 2 aliphatic heterocycles. The monoisotopic (exact) mass is 519 g/mol. The molecule has 36 heavy (non-hydrogen) atoms. The molecule has 10 atom stereocenters. The van der Waals surface area contributed by atoms with Gasteiger partial charge < -0.3 is 4.74 Å². The smallest absolute Gasteiger partial charge is 0.338 e. The second-order valence-corrected chi connectivity index (χ2v) is 15.3. The molecular weight excluding hydrogens is 474 g/mol. The van der Waals surface area contributed by atoms with Gasteiger partial charge in [0.1, 0.15) is 5.78 Å². The van der Waals surface area contributed by atoms with E-state index in [1.807, 2.05) is 0 Å². The van der Waals surface area contributed by atoms with Gasteiger partial charge in [0.2, 0.25) is 0 Å². The zero-order valence-corrected chi connectivity index (χ0v) is 23.6. The first-order valence-electron chi connectivity index (χ1n) is 14.4. The van der Waals surface area contributed by atoms with Gasteiger partial charge in [-0.05, 0) is 93.3 Å². The van der Waals surface area contributed by atoms with E-state index < -0.39 is 10.3 Å². The van der Waals surface area contributed by atoms with Crippen molar-refractivity contribution in [2.24, 2.45) is 40.9 Å². The number of ketones is 1. The molecule has 3 saturated carbocycles. The summed E-state index contributed by atoms with van der Waals surface area (Å²) in [4.78, 5) is 12.2. The van der Waals surface area contributed by atoms with Crippen molar-refractivity contribution in [2.75, 3.05) is 13.7 Å². The highest BCUT2D eigenvalue weighted by molar-refractivity contribution is 7.84. The third-order valence-electron chi connectivity index (χ3n) is 12.0. The van der Waals surface area contributed by atoms with Gasteiger partial charge in [0.15, 0.2) is 0 Å². The van der Waals surface area contributed by atoms with Crippen LogP contribution in [0.5, 0.6) is 0 Å². The van der Waals surface area contributed by atoms with Gasteiger partial charge in [0.05, 0.1) is 24.9 Å². The van der Waals surface area contributed by atoms with Crippen LogP contribution in [0.1, 0.15) is 91.9 Å². The van der Waals surface area contributed by atoms with Gasteiger partial charge >= 0.3 is 10.3 Å². The first-order chi connectivity index (χ1) is 17.0. The predicted molar refractivity (Wildman–Crippen MR) is 138 cm³/mol. The van der Waals surface area contributed by atoms with Crippen molar-refractivity contribution in [3.8, 4) is 0 Å². The molecule has 7 heteroatoms. The summed E-state index contributed by atoms with van der Waals surface area (Å²) >= 11 is 0. The van der Waals surface area contributed by atoms with E-state index in [-0.39, 0.29) is 29.6 Å². The first-order valence-corrected chi connectivity index (χ1v) is 15.8. The molecule has 2 heterocycles. The van der Waals surface area contributed by atoms with Crippen molar-refractivity contribution in [3.63, 3.8) is 0 Å². The predicted octanol–water partition coefficient (Wildman–Crippen LogP) is 5.28. The zero-order valence-electron chi connectivity index (χ0n) is 22.8. The van der Waals surface area contributed by atoms with Gasteiger partial charge in [-0.25, -0.2) is 0 Å². The minimum Gasteiger partial charge on any atom is -0.369 e. The van der Waals surface area contributed by atoms with Crippen molar-refractivity contribution in [3.05, 3.63) is 11.1 Å². The van der Waals surface area contributed by atoms with E-state index in [0.717, 1.165) is 50.9 Å². The van der Waals surface area contributed by atoms with Crippen LogP contribution >= 0.6 is 0 Å². The molecule has 2 saturated heterocycles. The van der Waals surface area contributed by atoms with E-state index in [4.69, 9.17) is 8.92 Å². The molecule has 6 rings (SSSR count). The summed E-state index contributed by atoms with van der Waals surface area (Å²) in [5, 5.41) is 0. The van der Waals surface area contributed by atoms with Gasteiger partial charge in [-0.2, -0.15) is 12.7 Å². The van der Waals surface area contributed by atoms with Crippen LogP contribution in [-0.4, -0.2) is 49.9 Å². The Balaban J connectivity index is 1.29. The Labute approximate surface area is 217 Å². The van der Waals surface area contributed by atoms with Gasteiger partial charge in [-0.1, -0.05) is 31.9 Å². The highest BCUT2D eigenvalue weighted by atomic mass is 32.2. The standard InChI is InChI=1S/C29H45NO5S/c1-17-12-26-27(30(16-17)36(32,33)34-5)19(3)29(35-26)11-9-22-23-7-6-20-13-21(31)8-10-28(20,4)25(23)14-24(22)18(2)15-29/h17,19-20,22-23,25-27H,6-16H2,1-5H3/t17-,19+,20+,22-,23-,25-,26+,27-,28-,29-/m0/s1. The fourth-order valence-corrected chi connectivity index (χ4v) is 11.4. The number of carbonyl (C=O) groups excluding carboxylic acids is 1. The summed E-state index contributed by atoms with van der Waals surface area (Å²) in [5.41, 5.74) is 3.20. The van der Waals surface area contributed by atoms with E-state index in [2.05, 4.69) is 27.7 Å². The molecule has 0 bridgehead atoms. The van der Waals surface area contributed by atoms with Gasteiger partial charge in [0.25, 0.3) is 0 Å². The quantitative estimate of drug-likeness (QED) is 0.464. The van der Waals surface area contributed by atoms with Crippen molar-refractivity contribution in [1.29, 1.82) is 0 Å². The lowest BCUT2D eigenvalue weighted by Crippen LogP contribution is -2.54. The molecule has 202 valence electrons. The first kappa shape index (κ1) is 25.5. The molecule has 0 N–H and O–H groups in total. The molecule has 5 fully saturated rings. The van der Waals surface area contributed by atoms with Crippen LogP contribution < -0.4 is 0 Å². The van der Waals surface area contributed by atoms with Gasteiger partial charge in [-0.15, -0.1) is 0 Å². The molecule has 0 radical (unpaired) electrons. The number of piperidine rings is 1. The Kier molecular flexibility index (Phi) is 6.11. The number of Topliss-reactive ketones (excluding diaryl/α,β-unsaturated/α-hetero) is 1. The minimum absolute atomic E-state index is 0.0636. The molecule has 0 aromatic carbocycles. The number of carbonyl (C=O) groups is 1. The molecule has 0 amide bonds. The Morgan fingerprint density at radius 1 is 1.11 bits per heavy atom. The zero-order chi connectivity index (χ0) is 25.6. The third-order valence-corrected chi connectivity index (χ3v) is 13.4. The Morgan fingerprint density at radius 3 is 2.64 bits per heavy atom. The second-order valence-electron chi connectivity index (χ2n) is 13.7. The normalized spacial score (nSPS) is 49.4.